The molecule has 7 heteroatoms. The summed E-state index contributed by atoms with van der Waals surface area (Å²) in [6.45, 7) is 3.74. The first-order valence-corrected chi connectivity index (χ1v) is 6.16. The predicted molar refractivity (Wildman–Crippen MR) is 71.7 cm³/mol. The van der Waals surface area contributed by atoms with Crippen molar-refractivity contribution < 1.29 is 14.8 Å². The van der Waals surface area contributed by atoms with Gasteiger partial charge >= 0.3 is 5.69 Å². The Morgan fingerprint density at radius 3 is 2.85 bits per heavy atom. The molecule has 0 saturated heterocycles. The van der Waals surface area contributed by atoms with Gasteiger partial charge in [0.1, 0.15) is 11.4 Å². The van der Waals surface area contributed by atoms with Gasteiger partial charge in [-0.15, -0.1) is 0 Å². The Kier molecular flexibility index (Phi) is 3.99. The lowest BCUT2D eigenvalue weighted by Crippen LogP contribution is -2.01. The van der Waals surface area contributed by atoms with E-state index in [0.717, 1.165) is 0 Å². The zero-order chi connectivity index (χ0) is 14.7. The average Bonchev–Trinajstić information content (AvgIpc) is 2.75. The molecule has 1 aromatic carbocycles. The lowest BCUT2D eigenvalue weighted by Gasteiger charge is -2.07. The number of ether oxygens (including phenoxy) is 1. The molecule has 2 rings (SSSR count). The maximum atomic E-state index is 11.1. The van der Waals surface area contributed by atoms with E-state index < -0.39 is 4.92 Å². The van der Waals surface area contributed by atoms with Crippen LogP contribution in [0.2, 0.25) is 0 Å². The summed E-state index contributed by atoms with van der Waals surface area (Å²) in [7, 11) is 0. The van der Waals surface area contributed by atoms with Crippen molar-refractivity contribution in [3.05, 3.63) is 45.6 Å². The molecule has 0 radical (unpaired) electrons. The van der Waals surface area contributed by atoms with Crippen LogP contribution in [0.25, 0.3) is 0 Å². The fraction of sp³-hybridized carbons (Fsp3) is 0.308. The molecule has 0 unspecified atom stereocenters. The first-order chi connectivity index (χ1) is 9.56. The van der Waals surface area contributed by atoms with Gasteiger partial charge in [0.15, 0.2) is 0 Å². The molecular weight excluding hydrogens is 262 g/mol. The predicted octanol–water partition coefficient (Wildman–Crippen LogP) is 2.40. The zero-order valence-corrected chi connectivity index (χ0v) is 11.2. The number of aromatic nitrogens is 2. The number of aliphatic hydroxyl groups is 1. The molecule has 0 amide bonds. The molecule has 0 saturated carbocycles. The van der Waals surface area contributed by atoms with E-state index in [-0.39, 0.29) is 18.2 Å². The number of benzene rings is 1. The van der Waals surface area contributed by atoms with Gasteiger partial charge in [-0.25, -0.2) is 4.68 Å². The molecule has 0 aliphatic rings. The van der Waals surface area contributed by atoms with Crippen molar-refractivity contribution in [2.45, 2.75) is 27.0 Å². The lowest BCUT2D eigenvalue weighted by atomic mass is 10.2. The minimum atomic E-state index is -0.500. The third-order valence-electron chi connectivity index (χ3n) is 2.83. The van der Waals surface area contributed by atoms with Gasteiger partial charge in [-0.2, -0.15) is 5.10 Å². The minimum absolute atomic E-state index is 0.102. The number of aryl methyl sites for hydroxylation is 2. The van der Waals surface area contributed by atoms with Crippen molar-refractivity contribution in [2.24, 2.45) is 0 Å². The Bertz CT molecular complexity index is 637. The lowest BCUT2D eigenvalue weighted by molar-refractivity contribution is -0.386. The molecule has 0 aliphatic heterocycles. The summed E-state index contributed by atoms with van der Waals surface area (Å²) < 4.78 is 7.05. The van der Waals surface area contributed by atoms with E-state index in [1.54, 1.807) is 31.2 Å². The van der Waals surface area contributed by atoms with Crippen LogP contribution in [-0.4, -0.2) is 19.8 Å². The molecule has 2 aromatic rings. The Morgan fingerprint density at radius 1 is 1.50 bits per heavy atom. The Morgan fingerprint density at radius 2 is 2.25 bits per heavy atom. The smallest absolute Gasteiger partial charge is 0.353 e. The highest BCUT2D eigenvalue weighted by Crippen LogP contribution is 2.34. The van der Waals surface area contributed by atoms with Crippen molar-refractivity contribution in [1.29, 1.82) is 0 Å². The molecule has 1 N–H and O–H groups in total. The summed E-state index contributed by atoms with van der Waals surface area (Å²) in [6, 6.07) is 6.76. The normalized spacial score (nSPS) is 10.6. The van der Waals surface area contributed by atoms with Crippen LogP contribution in [0, 0.1) is 17.0 Å². The molecule has 0 fully saturated rings. The van der Waals surface area contributed by atoms with Gasteiger partial charge in [-0.05, 0) is 31.5 Å². The molecule has 7 nitrogen and oxygen atoms in total. The zero-order valence-electron chi connectivity index (χ0n) is 11.2. The van der Waals surface area contributed by atoms with Gasteiger partial charge in [-0.1, -0.05) is 12.1 Å². The Hall–Kier alpha value is -2.41. The summed E-state index contributed by atoms with van der Waals surface area (Å²) in [5, 5.41) is 24.3. The fourth-order valence-corrected chi connectivity index (χ4v) is 1.90. The average molecular weight is 277 g/mol. The molecule has 20 heavy (non-hydrogen) atoms. The highest BCUT2D eigenvalue weighted by molar-refractivity contribution is 5.48. The molecule has 0 bridgehead atoms. The first-order valence-electron chi connectivity index (χ1n) is 6.16. The van der Waals surface area contributed by atoms with Crippen molar-refractivity contribution in [1.82, 2.24) is 9.78 Å². The summed E-state index contributed by atoms with van der Waals surface area (Å²) in [5.74, 6) is 0.527. The van der Waals surface area contributed by atoms with Gasteiger partial charge in [0.25, 0.3) is 5.88 Å². The summed E-state index contributed by atoms with van der Waals surface area (Å²) >= 11 is 0. The highest BCUT2D eigenvalue weighted by atomic mass is 16.6. The van der Waals surface area contributed by atoms with E-state index in [9.17, 15) is 10.1 Å². The minimum Gasteiger partial charge on any atom is -0.434 e. The van der Waals surface area contributed by atoms with E-state index in [4.69, 9.17) is 9.84 Å². The SMILES string of the molecule is CCn1nc(C)c([N+](=O)[O-])c1Oc1cccc(CO)c1. The second-order valence-electron chi connectivity index (χ2n) is 4.22. The maximum Gasteiger partial charge on any atom is 0.353 e. The fourth-order valence-electron chi connectivity index (χ4n) is 1.90. The Labute approximate surface area is 115 Å². The van der Waals surface area contributed by atoms with Crippen LogP contribution in [-0.2, 0) is 13.2 Å². The third kappa shape index (κ3) is 2.62. The number of aliphatic hydroxyl groups excluding tert-OH is 1. The number of hydrogen-bond acceptors (Lipinski definition) is 5. The second kappa shape index (κ2) is 5.70. The molecule has 0 aliphatic carbocycles. The molecule has 0 spiro atoms. The van der Waals surface area contributed by atoms with Gasteiger partial charge in [-0.3, -0.25) is 10.1 Å². The van der Waals surface area contributed by atoms with Gasteiger partial charge in [0, 0.05) is 6.54 Å². The molecule has 106 valence electrons. The number of nitrogens with zero attached hydrogens (tertiary/aromatic N) is 3. The van der Waals surface area contributed by atoms with Crippen molar-refractivity contribution in [2.75, 3.05) is 0 Å². The maximum absolute atomic E-state index is 11.1. The van der Waals surface area contributed by atoms with E-state index >= 15 is 0 Å². The molecule has 0 atom stereocenters. The van der Waals surface area contributed by atoms with Gasteiger partial charge in [0.2, 0.25) is 0 Å². The molecule has 1 heterocycles. The van der Waals surface area contributed by atoms with E-state index in [0.29, 0.717) is 23.6 Å². The van der Waals surface area contributed by atoms with Crippen LogP contribution in [0.15, 0.2) is 24.3 Å². The van der Waals surface area contributed by atoms with Crippen LogP contribution in [0.4, 0.5) is 5.69 Å². The molecule has 1 aromatic heterocycles. The highest BCUT2D eigenvalue weighted by Gasteiger charge is 2.27. The van der Waals surface area contributed by atoms with Crippen molar-refractivity contribution in [3.8, 4) is 11.6 Å². The number of hydrogen-bond donors (Lipinski definition) is 1. The van der Waals surface area contributed by atoms with E-state index in [2.05, 4.69) is 5.10 Å². The van der Waals surface area contributed by atoms with Crippen molar-refractivity contribution in [3.63, 3.8) is 0 Å². The second-order valence-corrected chi connectivity index (χ2v) is 4.22. The number of rotatable bonds is 5. The molecular formula is C13H15N3O4. The Balaban J connectivity index is 2.43. The standard InChI is InChI=1S/C13H15N3O4/c1-3-15-13(12(16(18)19)9(2)14-15)20-11-6-4-5-10(7-11)8-17/h4-7,17H,3,8H2,1-2H3. The van der Waals surface area contributed by atoms with Crippen LogP contribution >= 0.6 is 0 Å². The summed E-state index contributed by atoms with van der Waals surface area (Å²) in [5.41, 5.74) is 0.843. The monoisotopic (exact) mass is 277 g/mol. The number of nitro groups is 1. The van der Waals surface area contributed by atoms with Crippen LogP contribution in [0.5, 0.6) is 11.6 Å². The van der Waals surface area contributed by atoms with Crippen molar-refractivity contribution >= 4 is 5.69 Å². The van der Waals surface area contributed by atoms with Gasteiger partial charge < -0.3 is 9.84 Å². The van der Waals surface area contributed by atoms with E-state index in [1.807, 2.05) is 6.92 Å². The third-order valence-corrected chi connectivity index (χ3v) is 2.83. The largest absolute Gasteiger partial charge is 0.434 e. The summed E-state index contributed by atoms with van der Waals surface area (Å²) in [4.78, 5) is 10.6. The first kappa shape index (κ1) is 14.0. The van der Waals surface area contributed by atoms with Crippen LogP contribution in [0.1, 0.15) is 18.2 Å². The quantitative estimate of drug-likeness (QED) is 0.669. The van der Waals surface area contributed by atoms with Gasteiger partial charge in [0.05, 0.1) is 11.5 Å². The summed E-state index contributed by atoms with van der Waals surface area (Å²) in [6.07, 6.45) is 0. The van der Waals surface area contributed by atoms with Crippen LogP contribution < -0.4 is 4.74 Å². The van der Waals surface area contributed by atoms with E-state index in [1.165, 1.54) is 4.68 Å². The topological polar surface area (TPSA) is 90.4 Å². The van der Waals surface area contributed by atoms with Crippen LogP contribution in [0.3, 0.4) is 0 Å².